The molecule has 2 amide bonds. The summed E-state index contributed by atoms with van der Waals surface area (Å²) in [5, 5.41) is 4.74. The monoisotopic (exact) mass is 582 g/mol. The molecule has 3 aromatic rings. The van der Waals surface area contributed by atoms with Gasteiger partial charge in [0, 0.05) is 24.1 Å². The number of halogens is 1. The number of nitrogens with zero attached hydrogens (tertiary/aromatic N) is 4. The minimum absolute atomic E-state index is 0.137. The highest BCUT2D eigenvalue weighted by Gasteiger charge is 2.40. The number of hydrogen-bond acceptors (Lipinski definition) is 7. The molecule has 5 rings (SSSR count). The van der Waals surface area contributed by atoms with Crippen LogP contribution < -0.4 is 14.4 Å². The topological polar surface area (TPSA) is 86.1 Å². The molecule has 1 saturated heterocycles. The smallest absolute Gasteiger partial charge is 0.242 e. The molecule has 0 N–H and O–H groups in total. The number of thioether (sulfide) groups is 1. The number of rotatable bonds is 6. The van der Waals surface area contributed by atoms with Crippen LogP contribution >= 0.6 is 11.8 Å². The molecule has 1 fully saturated rings. The Morgan fingerprint density at radius 2 is 1.76 bits per heavy atom. The SMILES string of the molecule is COc1ccc(C2SCC(=O)N(CC(=O)N3CCOCC3)c3c2c(C(C)(C)C)nn3-c2ccc(F)cc2)cc1OC. The molecule has 0 spiro atoms. The van der Waals surface area contributed by atoms with Gasteiger partial charge in [-0.25, -0.2) is 9.07 Å². The fraction of sp³-hybridized carbons (Fsp3) is 0.433. The Morgan fingerprint density at radius 3 is 2.39 bits per heavy atom. The van der Waals surface area contributed by atoms with Crippen LogP contribution in [0.5, 0.6) is 11.5 Å². The molecule has 0 aliphatic carbocycles. The molecule has 0 bridgehead atoms. The lowest BCUT2D eigenvalue weighted by atomic mass is 9.87. The number of hydrogen-bond donors (Lipinski definition) is 0. The van der Waals surface area contributed by atoms with E-state index in [1.54, 1.807) is 40.8 Å². The van der Waals surface area contributed by atoms with Crippen LogP contribution in [-0.2, 0) is 19.7 Å². The van der Waals surface area contributed by atoms with Crippen molar-refractivity contribution in [3.8, 4) is 17.2 Å². The lowest BCUT2D eigenvalue weighted by Gasteiger charge is -2.30. The van der Waals surface area contributed by atoms with Crippen molar-refractivity contribution in [2.75, 3.05) is 57.7 Å². The number of anilines is 1. The summed E-state index contributed by atoms with van der Waals surface area (Å²) in [6, 6.07) is 11.7. The van der Waals surface area contributed by atoms with E-state index in [4.69, 9.17) is 19.3 Å². The van der Waals surface area contributed by atoms with E-state index in [0.717, 1.165) is 16.8 Å². The van der Waals surface area contributed by atoms with Gasteiger partial charge < -0.3 is 19.1 Å². The van der Waals surface area contributed by atoms with E-state index >= 15 is 0 Å². The summed E-state index contributed by atoms with van der Waals surface area (Å²) in [6.07, 6.45) is 0. The maximum absolute atomic E-state index is 14.0. The summed E-state index contributed by atoms with van der Waals surface area (Å²) >= 11 is 1.48. The molecule has 3 heterocycles. The van der Waals surface area contributed by atoms with Crippen LogP contribution in [-0.4, -0.2) is 79.3 Å². The first-order chi connectivity index (χ1) is 19.6. The molecule has 0 saturated carbocycles. The van der Waals surface area contributed by atoms with Crippen LogP contribution in [0.4, 0.5) is 10.2 Å². The summed E-state index contributed by atoms with van der Waals surface area (Å²) in [5.74, 6) is 1.09. The third-order valence-corrected chi connectivity index (χ3v) is 8.49. The largest absolute Gasteiger partial charge is 0.493 e. The van der Waals surface area contributed by atoms with Gasteiger partial charge in [-0.15, -0.1) is 11.8 Å². The van der Waals surface area contributed by atoms with E-state index in [1.165, 1.54) is 23.9 Å². The first-order valence-corrected chi connectivity index (χ1v) is 14.6. The van der Waals surface area contributed by atoms with Gasteiger partial charge in [0.15, 0.2) is 11.5 Å². The second-order valence-corrected chi connectivity index (χ2v) is 12.1. The molecule has 1 atom stereocenters. The van der Waals surface area contributed by atoms with E-state index in [1.807, 2.05) is 18.2 Å². The molecule has 2 aliphatic heterocycles. The molecule has 1 aromatic heterocycles. The van der Waals surface area contributed by atoms with Crippen LogP contribution in [0.2, 0.25) is 0 Å². The van der Waals surface area contributed by atoms with Crippen molar-refractivity contribution < 1.29 is 28.2 Å². The second kappa shape index (κ2) is 11.7. The number of fused-ring (bicyclic) bond motifs is 1. The number of carbonyl (C=O) groups is 2. The number of morpholine rings is 1. The van der Waals surface area contributed by atoms with Crippen LogP contribution in [0.15, 0.2) is 42.5 Å². The van der Waals surface area contributed by atoms with Crippen molar-refractivity contribution in [1.29, 1.82) is 0 Å². The second-order valence-electron chi connectivity index (χ2n) is 11.0. The standard InChI is InChI=1S/C30H35FN4O5S/c1-30(2,3)28-26-27(19-6-11-22(38-4)23(16-19)39-5)41-18-25(37)34(17-24(36)33-12-14-40-15-13-33)29(26)35(32-28)21-9-7-20(31)8-10-21/h6-11,16,27H,12-15,17-18H2,1-5H3. The fourth-order valence-electron chi connectivity index (χ4n) is 5.16. The summed E-state index contributed by atoms with van der Waals surface area (Å²) < 4.78 is 32.1. The molecule has 218 valence electrons. The van der Waals surface area contributed by atoms with Gasteiger partial charge in [0.1, 0.15) is 18.2 Å². The van der Waals surface area contributed by atoms with Crippen molar-refractivity contribution in [1.82, 2.24) is 14.7 Å². The van der Waals surface area contributed by atoms with Crippen molar-refractivity contribution in [3.63, 3.8) is 0 Å². The Bertz CT molecular complexity index is 1430. The van der Waals surface area contributed by atoms with Gasteiger partial charge in [-0.2, -0.15) is 5.10 Å². The van der Waals surface area contributed by atoms with Crippen LogP contribution in [0.25, 0.3) is 5.69 Å². The predicted octanol–water partition coefficient (Wildman–Crippen LogP) is 4.35. The Balaban J connectivity index is 1.73. The first-order valence-electron chi connectivity index (χ1n) is 13.5. The lowest BCUT2D eigenvalue weighted by Crippen LogP contribution is -2.48. The number of carbonyl (C=O) groups excluding carboxylic acids is 2. The molecule has 41 heavy (non-hydrogen) atoms. The van der Waals surface area contributed by atoms with Crippen LogP contribution in [0.3, 0.4) is 0 Å². The van der Waals surface area contributed by atoms with Gasteiger partial charge in [0.05, 0.1) is 49.8 Å². The zero-order chi connectivity index (χ0) is 29.3. The van der Waals surface area contributed by atoms with Crippen molar-refractivity contribution in [2.45, 2.75) is 31.4 Å². The number of benzene rings is 2. The van der Waals surface area contributed by atoms with E-state index < -0.39 is 5.41 Å². The average molecular weight is 583 g/mol. The number of methoxy groups -OCH3 is 2. The lowest BCUT2D eigenvalue weighted by molar-refractivity contribution is -0.134. The summed E-state index contributed by atoms with van der Waals surface area (Å²) in [5.41, 5.74) is 2.69. The number of amides is 2. The van der Waals surface area contributed by atoms with Gasteiger partial charge in [-0.3, -0.25) is 14.5 Å². The zero-order valence-corrected chi connectivity index (χ0v) is 24.8. The molecule has 2 aromatic carbocycles. The average Bonchev–Trinajstić information content (AvgIpc) is 3.31. The zero-order valence-electron chi connectivity index (χ0n) is 24.0. The number of aromatic nitrogens is 2. The summed E-state index contributed by atoms with van der Waals surface area (Å²) in [4.78, 5) is 30.6. The summed E-state index contributed by atoms with van der Waals surface area (Å²) in [6.45, 7) is 7.93. The van der Waals surface area contributed by atoms with Crippen molar-refractivity contribution in [2.24, 2.45) is 0 Å². The molecule has 1 unspecified atom stereocenters. The highest BCUT2D eigenvalue weighted by Crippen LogP contribution is 2.49. The Kier molecular flexibility index (Phi) is 8.28. The van der Waals surface area contributed by atoms with Crippen LogP contribution in [0, 0.1) is 5.82 Å². The molecule has 2 aliphatic rings. The number of ether oxygens (including phenoxy) is 3. The van der Waals surface area contributed by atoms with Gasteiger partial charge in [-0.05, 0) is 42.0 Å². The molecule has 0 radical (unpaired) electrons. The maximum atomic E-state index is 14.0. The molecule has 9 nitrogen and oxygen atoms in total. The molecular formula is C30H35FN4O5S. The minimum Gasteiger partial charge on any atom is -0.493 e. The van der Waals surface area contributed by atoms with Gasteiger partial charge in [0.25, 0.3) is 0 Å². The molecule has 11 heteroatoms. The van der Waals surface area contributed by atoms with Crippen molar-refractivity contribution >= 4 is 29.4 Å². The van der Waals surface area contributed by atoms with E-state index in [9.17, 15) is 14.0 Å². The van der Waals surface area contributed by atoms with E-state index in [2.05, 4.69) is 20.8 Å². The van der Waals surface area contributed by atoms with Gasteiger partial charge in [-0.1, -0.05) is 26.8 Å². The molecular weight excluding hydrogens is 547 g/mol. The summed E-state index contributed by atoms with van der Waals surface area (Å²) in [7, 11) is 3.17. The Hall–Kier alpha value is -3.57. The highest BCUT2D eigenvalue weighted by molar-refractivity contribution is 8.00. The van der Waals surface area contributed by atoms with Gasteiger partial charge in [0.2, 0.25) is 11.8 Å². The van der Waals surface area contributed by atoms with Gasteiger partial charge >= 0.3 is 0 Å². The van der Waals surface area contributed by atoms with E-state index in [0.29, 0.717) is 49.3 Å². The minimum atomic E-state index is -0.419. The maximum Gasteiger partial charge on any atom is 0.242 e. The Morgan fingerprint density at radius 1 is 1.07 bits per heavy atom. The van der Waals surface area contributed by atoms with E-state index in [-0.39, 0.29) is 35.2 Å². The Labute approximate surface area is 243 Å². The van der Waals surface area contributed by atoms with Crippen molar-refractivity contribution in [3.05, 3.63) is 65.1 Å². The quantitative estimate of drug-likeness (QED) is 0.427. The predicted molar refractivity (Wildman–Crippen MR) is 156 cm³/mol. The third-order valence-electron chi connectivity index (χ3n) is 7.24. The normalized spacial score (nSPS) is 17.7. The van der Waals surface area contributed by atoms with Crippen LogP contribution in [0.1, 0.15) is 42.8 Å². The first kappa shape index (κ1) is 28.9. The highest BCUT2D eigenvalue weighted by atomic mass is 32.2. The fourth-order valence-corrected chi connectivity index (χ4v) is 6.35. The third kappa shape index (κ3) is 5.78.